The number of esters is 1. The number of hydrogen-bond donors (Lipinski definition) is 1. The van der Waals surface area contributed by atoms with E-state index in [-0.39, 0.29) is 17.3 Å². The molecule has 1 N–H and O–H groups in total. The maximum Gasteiger partial charge on any atom is 0.338 e. The van der Waals surface area contributed by atoms with Crippen LogP contribution in [0.15, 0.2) is 66.7 Å². The molecule has 2 aromatic heterocycles. The highest BCUT2D eigenvalue weighted by molar-refractivity contribution is 7.22. The van der Waals surface area contributed by atoms with Gasteiger partial charge in [-0.1, -0.05) is 76.0 Å². The molecule has 226 valence electrons. The lowest BCUT2D eigenvalue weighted by Crippen LogP contribution is -2.15. The molecule has 1 saturated carbocycles. The van der Waals surface area contributed by atoms with Crippen LogP contribution >= 0.6 is 11.3 Å². The molecule has 0 spiro atoms. The van der Waals surface area contributed by atoms with Crippen molar-refractivity contribution in [1.29, 1.82) is 0 Å². The molecular formula is C36H37N3O4S. The Morgan fingerprint density at radius 1 is 0.932 bits per heavy atom. The molecule has 1 aliphatic carbocycles. The Balaban J connectivity index is 1.27. The SMILES string of the molecule is CCOC(=O)c1ccc2nc(NC(=O)c3cc4ccc(Oc5ccc(C(C)(C)C)cc5)cc4c(CC4CCCC4)n3)sc2c1. The van der Waals surface area contributed by atoms with E-state index in [0.717, 1.165) is 39.1 Å². The van der Waals surface area contributed by atoms with E-state index in [4.69, 9.17) is 14.5 Å². The number of rotatable bonds is 8. The molecule has 0 atom stereocenters. The maximum atomic E-state index is 13.5. The summed E-state index contributed by atoms with van der Waals surface area (Å²) >= 11 is 1.31. The Morgan fingerprint density at radius 2 is 1.68 bits per heavy atom. The first-order valence-electron chi connectivity index (χ1n) is 15.3. The molecule has 5 aromatic rings. The number of aromatic nitrogens is 2. The minimum Gasteiger partial charge on any atom is -0.462 e. The first kappa shape index (κ1) is 29.8. The molecule has 8 heteroatoms. The molecule has 1 amide bonds. The van der Waals surface area contributed by atoms with Gasteiger partial charge in [-0.15, -0.1) is 0 Å². The van der Waals surface area contributed by atoms with Gasteiger partial charge < -0.3 is 9.47 Å². The minimum absolute atomic E-state index is 0.0764. The van der Waals surface area contributed by atoms with E-state index in [1.165, 1.54) is 42.6 Å². The number of fused-ring (bicyclic) bond motifs is 2. The van der Waals surface area contributed by atoms with Crippen molar-refractivity contribution in [2.75, 3.05) is 11.9 Å². The van der Waals surface area contributed by atoms with Gasteiger partial charge in [-0.3, -0.25) is 10.1 Å². The number of nitrogens with one attached hydrogen (secondary N) is 1. The number of amides is 1. The van der Waals surface area contributed by atoms with Crippen LogP contribution in [0.1, 0.15) is 85.5 Å². The molecule has 0 unspecified atom stereocenters. The normalized spacial score (nSPS) is 13.8. The summed E-state index contributed by atoms with van der Waals surface area (Å²) in [4.78, 5) is 35.1. The van der Waals surface area contributed by atoms with Gasteiger partial charge in [0.15, 0.2) is 5.13 Å². The van der Waals surface area contributed by atoms with Gasteiger partial charge in [-0.2, -0.15) is 0 Å². The maximum absolute atomic E-state index is 13.5. The molecule has 0 aliphatic heterocycles. The summed E-state index contributed by atoms with van der Waals surface area (Å²) < 4.78 is 12.2. The monoisotopic (exact) mass is 607 g/mol. The zero-order valence-electron chi connectivity index (χ0n) is 25.6. The molecule has 0 saturated heterocycles. The Morgan fingerprint density at radius 3 is 2.41 bits per heavy atom. The lowest BCUT2D eigenvalue weighted by Gasteiger charge is -2.19. The molecule has 0 radical (unpaired) electrons. The summed E-state index contributed by atoms with van der Waals surface area (Å²) in [6, 6.07) is 21.2. The Labute approximate surface area is 261 Å². The van der Waals surface area contributed by atoms with Crippen LogP contribution in [0.3, 0.4) is 0 Å². The standard InChI is InChI=1S/C36H37N3O4S/c1-5-42-34(41)24-11-17-29-32(20-24)44-35(38-29)39-33(40)31-19-23-10-14-27(43-26-15-12-25(13-16-26)36(2,3)4)21-28(23)30(37-31)18-22-8-6-7-9-22/h10-17,19-22H,5-9,18H2,1-4H3,(H,38,39,40). The summed E-state index contributed by atoms with van der Waals surface area (Å²) in [6.07, 6.45) is 5.64. The van der Waals surface area contributed by atoms with E-state index in [2.05, 4.69) is 43.2 Å². The molecule has 44 heavy (non-hydrogen) atoms. The van der Waals surface area contributed by atoms with Crippen LogP contribution in [0.4, 0.5) is 5.13 Å². The van der Waals surface area contributed by atoms with Crippen molar-refractivity contribution >= 4 is 49.3 Å². The molecule has 6 rings (SSSR count). The summed E-state index contributed by atoms with van der Waals surface area (Å²) in [5.41, 5.74) is 3.75. The second kappa shape index (κ2) is 12.4. The number of thiazole rings is 1. The average Bonchev–Trinajstić information content (AvgIpc) is 3.66. The number of carbonyl (C=O) groups excluding carboxylic acids is 2. The highest BCUT2D eigenvalue weighted by Crippen LogP contribution is 2.34. The van der Waals surface area contributed by atoms with Crippen LogP contribution in [0.5, 0.6) is 11.5 Å². The van der Waals surface area contributed by atoms with Crippen molar-refractivity contribution in [2.24, 2.45) is 5.92 Å². The highest BCUT2D eigenvalue weighted by Gasteiger charge is 2.21. The molecule has 7 nitrogen and oxygen atoms in total. The molecule has 1 aliphatic rings. The summed E-state index contributed by atoms with van der Waals surface area (Å²) in [7, 11) is 0. The number of pyridine rings is 1. The van der Waals surface area contributed by atoms with Crippen molar-refractivity contribution in [2.45, 2.75) is 65.2 Å². The van der Waals surface area contributed by atoms with Crippen molar-refractivity contribution in [3.05, 3.63) is 89.2 Å². The van der Waals surface area contributed by atoms with E-state index in [1.54, 1.807) is 25.1 Å². The topological polar surface area (TPSA) is 90.4 Å². The lowest BCUT2D eigenvalue weighted by molar-refractivity contribution is 0.0526. The number of hydrogen-bond acceptors (Lipinski definition) is 7. The van der Waals surface area contributed by atoms with Crippen molar-refractivity contribution in [1.82, 2.24) is 9.97 Å². The van der Waals surface area contributed by atoms with Crippen LogP contribution in [0.25, 0.3) is 21.0 Å². The summed E-state index contributed by atoms with van der Waals surface area (Å²) in [5.74, 6) is 1.38. The van der Waals surface area contributed by atoms with E-state index in [1.807, 2.05) is 36.4 Å². The second-order valence-corrected chi connectivity index (χ2v) is 13.5. The molecule has 0 bridgehead atoms. The fourth-order valence-electron chi connectivity index (χ4n) is 5.76. The first-order valence-corrected chi connectivity index (χ1v) is 16.1. The van der Waals surface area contributed by atoms with Crippen LogP contribution < -0.4 is 10.1 Å². The predicted octanol–water partition coefficient (Wildman–Crippen LogP) is 9.10. The Kier molecular flexibility index (Phi) is 8.36. The predicted molar refractivity (Wildman–Crippen MR) is 176 cm³/mol. The fourth-order valence-corrected chi connectivity index (χ4v) is 6.66. The van der Waals surface area contributed by atoms with Crippen LogP contribution in [0, 0.1) is 5.92 Å². The first-order chi connectivity index (χ1) is 21.2. The van der Waals surface area contributed by atoms with Crippen molar-refractivity contribution < 1.29 is 19.1 Å². The van der Waals surface area contributed by atoms with Crippen molar-refractivity contribution in [3.63, 3.8) is 0 Å². The zero-order chi connectivity index (χ0) is 30.8. The molecular weight excluding hydrogens is 570 g/mol. The average molecular weight is 608 g/mol. The fraction of sp³-hybridized carbons (Fsp3) is 0.333. The van der Waals surface area contributed by atoms with Crippen molar-refractivity contribution in [3.8, 4) is 11.5 Å². The lowest BCUT2D eigenvalue weighted by atomic mass is 9.87. The van der Waals surface area contributed by atoms with Crippen LogP contribution in [-0.2, 0) is 16.6 Å². The summed E-state index contributed by atoms with van der Waals surface area (Å²) in [5, 5.41) is 5.33. The molecule has 2 heterocycles. The largest absolute Gasteiger partial charge is 0.462 e. The summed E-state index contributed by atoms with van der Waals surface area (Å²) in [6.45, 7) is 8.67. The van der Waals surface area contributed by atoms with Gasteiger partial charge in [-0.05, 0) is 84.2 Å². The Hall–Kier alpha value is -4.30. The third-order valence-electron chi connectivity index (χ3n) is 8.15. The Bertz CT molecular complexity index is 1830. The van der Waals surface area contributed by atoms with E-state index in [9.17, 15) is 9.59 Å². The third-order valence-corrected chi connectivity index (χ3v) is 9.08. The number of anilines is 1. The number of nitrogens with zero attached hydrogens (tertiary/aromatic N) is 2. The quantitative estimate of drug-likeness (QED) is 0.177. The number of ether oxygens (including phenoxy) is 2. The van der Waals surface area contributed by atoms with Gasteiger partial charge in [0.2, 0.25) is 0 Å². The highest BCUT2D eigenvalue weighted by atomic mass is 32.1. The van der Waals surface area contributed by atoms with Gasteiger partial charge in [0, 0.05) is 11.1 Å². The van der Waals surface area contributed by atoms with Gasteiger partial charge >= 0.3 is 5.97 Å². The number of carbonyl (C=O) groups is 2. The molecule has 1 fully saturated rings. The second-order valence-electron chi connectivity index (χ2n) is 12.4. The van der Waals surface area contributed by atoms with E-state index >= 15 is 0 Å². The zero-order valence-corrected chi connectivity index (χ0v) is 26.4. The smallest absolute Gasteiger partial charge is 0.338 e. The van der Waals surface area contributed by atoms with E-state index < -0.39 is 0 Å². The van der Waals surface area contributed by atoms with Gasteiger partial charge in [0.05, 0.1) is 22.4 Å². The van der Waals surface area contributed by atoms with Crippen LogP contribution in [-0.4, -0.2) is 28.5 Å². The van der Waals surface area contributed by atoms with Gasteiger partial charge in [0.1, 0.15) is 17.2 Å². The number of benzene rings is 3. The van der Waals surface area contributed by atoms with Gasteiger partial charge in [-0.25, -0.2) is 14.8 Å². The van der Waals surface area contributed by atoms with Gasteiger partial charge in [0.25, 0.3) is 5.91 Å². The molecule has 3 aromatic carbocycles. The van der Waals surface area contributed by atoms with Crippen LogP contribution in [0.2, 0.25) is 0 Å². The minimum atomic E-state index is -0.379. The third kappa shape index (κ3) is 6.60. The van der Waals surface area contributed by atoms with E-state index in [0.29, 0.717) is 34.4 Å².